The topological polar surface area (TPSA) is 71.3 Å². The molecular formula is C24H28N4O2. The number of nitrogens with zero attached hydrogens (tertiary/aromatic N) is 3. The first-order chi connectivity index (χ1) is 14.8. The summed E-state index contributed by atoms with van der Waals surface area (Å²) in [6.45, 7) is 3.24. The molecule has 1 saturated heterocycles. The molecule has 0 aliphatic carbocycles. The van der Waals surface area contributed by atoms with Gasteiger partial charge in [0.15, 0.2) is 5.69 Å². The monoisotopic (exact) mass is 404 g/mol. The van der Waals surface area contributed by atoms with Gasteiger partial charge < -0.3 is 9.73 Å². The van der Waals surface area contributed by atoms with E-state index in [2.05, 4.69) is 50.5 Å². The van der Waals surface area contributed by atoms with Gasteiger partial charge >= 0.3 is 0 Å². The Labute approximate surface area is 177 Å². The van der Waals surface area contributed by atoms with E-state index >= 15 is 0 Å². The van der Waals surface area contributed by atoms with Gasteiger partial charge in [0, 0.05) is 24.9 Å². The smallest absolute Gasteiger partial charge is 0.273 e. The maximum absolute atomic E-state index is 12.3. The van der Waals surface area contributed by atoms with Crippen LogP contribution in [0.3, 0.4) is 0 Å². The highest BCUT2D eigenvalue weighted by molar-refractivity contribution is 5.91. The van der Waals surface area contributed by atoms with E-state index in [1.807, 2.05) is 18.2 Å². The lowest BCUT2D eigenvalue weighted by molar-refractivity contribution is 0.0949. The van der Waals surface area contributed by atoms with Crippen LogP contribution in [0.4, 0.5) is 0 Å². The van der Waals surface area contributed by atoms with E-state index in [0.29, 0.717) is 31.1 Å². The second-order valence-corrected chi connectivity index (χ2v) is 7.86. The first-order valence-electron chi connectivity index (χ1n) is 10.6. The molecule has 0 spiro atoms. The van der Waals surface area contributed by atoms with Crippen LogP contribution < -0.4 is 5.32 Å². The number of rotatable bonds is 8. The number of amides is 1. The minimum Gasteiger partial charge on any atom is -0.447 e. The van der Waals surface area contributed by atoms with E-state index in [9.17, 15) is 4.79 Å². The van der Waals surface area contributed by atoms with Crippen LogP contribution in [-0.4, -0.2) is 40.4 Å². The van der Waals surface area contributed by atoms with Gasteiger partial charge in [-0.05, 0) is 56.0 Å². The number of carbonyl (C=O) groups excluding carboxylic acids is 1. The third kappa shape index (κ3) is 5.76. The third-order valence-corrected chi connectivity index (χ3v) is 5.61. The first kappa shape index (κ1) is 20.3. The number of pyridine rings is 1. The SMILES string of the molecule is O=C(NCCc1ccccn1)c1coc(CN2CCC(Cc3ccccc3)CC2)n1. The molecule has 6 nitrogen and oxygen atoms in total. The van der Waals surface area contributed by atoms with Gasteiger partial charge in [0.2, 0.25) is 5.89 Å². The summed E-state index contributed by atoms with van der Waals surface area (Å²) >= 11 is 0. The number of benzene rings is 1. The molecular weight excluding hydrogens is 376 g/mol. The van der Waals surface area contributed by atoms with Crippen LogP contribution in [0, 0.1) is 5.92 Å². The van der Waals surface area contributed by atoms with Crippen molar-refractivity contribution in [2.45, 2.75) is 32.2 Å². The fourth-order valence-electron chi connectivity index (χ4n) is 3.92. The molecule has 2 aromatic heterocycles. The lowest BCUT2D eigenvalue weighted by Gasteiger charge is -2.31. The Hall–Kier alpha value is -2.99. The highest BCUT2D eigenvalue weighted by atomic mass is 16.3. The van der Waals surface area contributed by atoms with Crippen molar-refractivity contribution in [3.8, 4) is 0 Å². The van der Waals surface area contributed by atoms with Crippen molar-refractivity contribution in [2.24, 2.45) is 5.92 Å². The average molecular weight is 405 g/mol. The maximum atomic E-state index is 12.3. The number of piperidine rings is 1. The Kier molecular flexibility index (Phi) is 6.87. The molecule has 3 aromatic rings. The molecule has 1 aliphatic rings. The fourth-order valence-corrected chi connectivity index (χ4v) is 3.92. The number of oxazole rings is 1. The standard InChI is InChI=1S/C24H28N4O2/c29-24(26-13-9-21-8-4-5-12-25-21)22-18-30-23(27-22)17-28-14-10-20(11-15-28)16-19-6-2-1-3-7-19/h1-8,12,18,20H,9-11,13-17H2,(H,26,29). The summed E-state index contributed by atoms with van der Waals surface area (Å²) in [6, 6.07) is 16.5. The van der Waals surface area contributed by atoms with E-state index < -0.39 is 0 Å². The van der Waals surface area contributed by atoms with Gasteiger partial charge in [0.05, 0.1) is 6.54 Å². The van der Waals surface area contributed by atoms with Crippen molar-refractivity contribution in [2.75, 3.05) is 19.6 Å². The predicted octanol–water partition coefficient (Wildman–Crippen LogP) is 3.50. The van der Waals surface area contributed by atoms with E-state index in [4.69, 9.17) is 4.42 Å². The van der Waals surface area contributed by atoms with Crippen LogP contribution in [0.1, 0.15) is 40.5 Å². The Morgan fingerprint density at radius 3 is 2.67 bits per heavy atom. The molecule has 0 bridgehead atoms. The lowest BCUT2D eigenvalue weighted by atomic mass is 9.90. The molecule has 0 radical (unpaired) electrons. The van der Waals surface area contributed by atoms with Gasteiger partial charge in [-0.2, -0.15) is 0 Å². The number of nitrogens with one attached hydrogen (secondary N) is 1. The molecule has 4 rings (SSSR count). The van der Waals surface area contributed by atoms with E-state index in [1.54, 1.807) is 6.20 Å². The molecule has 1 fully saturated rings. The minimum absolute atomic E-state index is 0.206. The zero-order valence-electron chi connectivity index (χ0n) is 17.2. The lowest BCUT2D eigenvalue weighted by Crippen LogP contribution is -2.34. The molecule has 3 heterocycles. The van der Waals surface area contributed by atoms with Gasteiger partial charge in [-0.15, -0.1) is 0 Å². The Balaban J connectivity index is 1.19. The van der Waals surface area contributed by atoms with Gasteiger partial charge in [0.25, 0.3) is 5.91 Å². The van der Waals surface area contributed by atoms with E-state index in [0.717, 1.165) is 31.1 Å². The van der Waals surface area contributed by atoms with Crippen molar-refractivity contribution in [3.63, 3.8) is 0 Å². The van der Waals surface area contributed by atoms with Crippen LogP contribution in [0.25, 0.3) is 0 Å². The molecule has 6 heteroatoms. The van der Waals surface area contributed by atoms with Crippen LogP contribution in [0.15, 0.2) is 65.4 Å². The Bertz CT molecular complexity index is 919. The summed E-state index contributed by atoms with van der Waals surface area (Å²) in [4.78, 5) is 23.3. The van der Waals surface area contributed by atoms with Gasteiger partial charge in [0.1, 0.15) is 6.26 Å². The Morgan fingerprint density at radius 1 is 1.10 bits per heavy atom. The number of carbonyl (C=O) groups is 1. The molecule has 0 atom stereocenters. The van der Waals surface area contributed by atoms with Crippen LogP contribution in [0.2, 0.25) is 0 Å². The minimum atomic E-state index is -0.206. The zero-order valence-corrected chi connectivity index (χ0v) is 17.2. The summed E-state index contributed by atoms with van der Waals surface area (Å²) in [5.74, 6) is 1.13. The summed E-state index contributed by atoms with van der Waals surface area (Å²) in [6.07, 6.45) is 7.40. The molecule has 156 valence electrons. The largest absolute Gasteiger partial charge is 0.447 e. The molecule has 1 aromatic carbocycles. The number of hydrogen-bond donors (Lipinski definition) is 1. The second-order valence-electron chi connectivity index (χ2n) is 7.86. The van der Waals surface area contributed by atoms with Crippen LogP contribution >= 0.6 is 0 Å². The van der Waals surface area contributed by atoms with Crippen LogP contribution in [0.5, 0.6) is 0 Å². The normalized spacial score (nSPS) is 15.2. The average Bonchev–Trinajstić information content (AvgIpc) is 3.25. The molecule has 30 heavy (non-hydrogen) atoms. The molecule has 1 N–H and O–H groups in total. The van der Waals surface area contributed by atoms with Crippen molar-refractivity contribution >= 4 is 5.91 Å². The summed E-state index contributed by atoms with van der Waals surface area (Å²) in [7, 11) is 0. The van der Waals surface area contributed by atoms with E-state index in [-0.39, 0.29) is 5.91 Å². The highest BCUT2D eigenvalue weighted by Crippen LogP contribution is 2.22. The van der Waals surface area contributed by atoms with Gasteiger partial charge in [-0.25, -0.2) is 4.98 Å². The van der Waals surface area contributed by atoms with Crippen LogP contribution in [-0.2, 0) is 19.4 Å². The van der Waals surface area contributed by atoms with Crippen molar-refractivity contribution in [1.29, 1.82) is 0 Å². The third-order valence-electron chi connectivity index (χ3n) is 5.61. The fraction of sp³-hybridized carbons (Fsp3) is 0.375. The van der Waals surface area contributed by atoms with Gasteiger partial charge in [-0.1, -0.05) is 36.4 Å². The molecule has 0 unspecified atom stereocenters. The van der Waals surface area contributed by atoms with Crippen molar-refractivity contribution in [3.05, 3.63) is 83.8 Å². The number of hydrogen-bond acceptors (Lipinski definition) is 5. The van der Waals surface area contributed by atoms with Gasteiger partial charge in [-0.3, -0.25) is 14.7 Å². The second kappa shape index (κ2) is 10.2. The molecule has 1 amide bonds. The zero-order chi connectivity index (χ0) is 20.6. The Morgan fingerprint density at radius 2 is 1.90 bits per heavy atom. The maximum Gasteiger partial charge on any atom is 0.273 e. The quantitative estimate of drug-likeness (QED) is 0.622. The number of aromatic nitrogens is 2. The predicted molar refractivity (Wildman–Crippen MR) is 115 cm³/mol. The summed E-state index contributed by atoms with van der Waals surface area (Å²) in [5.41, 5.74) is 2.71. The molecule has 1 aliphatic heterocycles. The highest BCUT2D eigenvalue weighted by Gasteiger charge is 2.21. The van der Waals surface area contributed by atoms with Crippen molar-refractivity contribution in [1.82, 2.24) is 20.2 Å². The van der Waals surface area contributed by atoms with Crippen molar-refractivity contribution < 1.29 is 9.21 Å². The summed E-state index contributed by atoms with van der Waals surface area (Å²) in [5, 5.41) is 2.88. The van der Waals surface area contributed by atoms with E-state index in [1.165, 1.54) is 24.7 Å². The molecule has 0 saturated carbocycles. The summed E-state index contributed by atoms with van der Waals surface area (Å²) < 4.78 is 5.55. The first-order valence-corrected chi connectivity index (χ1v) is 10.6. The number of likely N-dealkylation sites (tertiary alicyclic amines) is 1.